The van der Waals surface area contributed by atoms with Crippen molar-refractivity contribution in [3.05, 3.63) is 29.3 Å². The Morgan fingerprint density at radius 1 is 1.21 bits per heavy atom. The molecular formula is C17H25NO. The van der Waals surface area contributed by atoms with Gasteiger partial charge in [0.25, 0.3) is 0 Å². The number of fused-ring (bicyclic) bond motifs is 1. The topological polar surface area (TPSA) is 32.3 Å². The molecule has 1 fully saturated rings. The average Bonchev–Trinajstić information content (AvgIpc) is 2.69. The summed E-state index contributed by atoms with van der Waals surface area (Å²) in [6.07, 6.45) is 7.56. The highest BCUT2D eigenvalue weighted by Gasteiger charge is 2.36. The van der Waals surface area contributed by atoms with Gasteiger partial charge in [-0.1, -0.05) is 26.3 Å². The zero-order chi connectivity index (χ0) is 13.5. The molecule has 1 saturated carbocycles. The molecule has 2 nitrogen and oxygen atoms in total. The first-order chi connectivity index (χ1) is 9.06. The van der Waals surface area contributed by atoms with Gasteiger partial charge in [0.1, 0.15) is 5.75 Å². The molecule has 0 spiro atoms. The van der Waals surface area contributed by atoms with Gasteiger partial charge in [0, 0.05) is 12.1 Å². The minimum absolute atomic E-state index is 0.401. The van der Waals surface area contributed by atoms with Crippen molar-refractivity contribution in [1.82, 2.24) is 5.32 Å². The summed E-state index contributed by atoms with van der Waals surface area (Å²) in [4.78, 5) is 0. The Morgan fingerprint density at radius 3 is 2.79 bits per heavy atom. The fourth-order valence-corrected chi connectivity index (χ4v) is 3.84. The molecule has 0 amide bonds. The monoisotopic (exact) mass is 259 g/mol. The van der Waals surface area contributed by atoms with Gasteiger partial charge in [-0.3, -0.25) is 0 Å². The number of nitrogens with one attached hydrogen (secondary N) is 1. The van der Waals surface area contributed by atoms with E-state index in [1.165, 1.54) is 43.2 Å². The highest BCUT2D eigenvalue weighted by molar-refractivity contribution is 5.38. The molecule has 3 rings (SSSR count). The Hall–Kier alpha value is -1.02. The third kappa shape index (κ3) is 2.51. The van der Waals surface area contributed by atoms with E-state index in [0.717, 1.165) is 6.42 Å². The summed E-state index contributed by atoms with van der Waals surface area (Å²) in [6, 6.07) is 6.93. The van der Waals surface area contributed by atoms with Crippen LogP contribution < -0.4 is 5.32 Å². The van der Waals surface area contributed by atoms with Crippen molar-refractivity contribution in [3.63, 3.8) is 0 Å². The summed E-state index contributed by atoms with van der Waals surface area (Å²) in [5.41, 5.74) is 3.15. The minimum Gasteiger partial charge on any atom is -0.508 e. The van der Waals surface area contributed by atoms with E-state index in [-0.39, 0.29) is 0 Å². The molecule has 1 aromatic carbocycles. The highest BCUT2D eigenvalue weighted by atomic mass is 16.3. The molecule has 2 heteroatoms. The minimum atomic E-state index is 0.401. The van der Waals surface area contributed by atoms with Crippen LogP contribution in [0, 0.1) is 5.41 Å². The number of benzene rings is 1. The van der Waals surface area contributed by atoms with Gasteiger partial charge in [-0.15, -0.1) is 0 Å². The molecule has 0 heterocycles. The maximum absolute atomic E-state index is 9.74. The normalized spacial score (nSPS) is 29.2. The molecule has 0 saturated heterocycles. The maximum atomic E-state index is 9.74. The van der Waals surface area contributed by atoms with Gasteiger partial charge in [-0.05, 0) is 60.8 Å². The van der Waals surface area contributed by atoms with Crippen LogP contribution in [-0.4, -0.2) is 11.1 Å². The Morgan fingerprint density at radius 2 is 2.05 bits per heavy atom. The number of hydrogen-bond acceptors (Lipinski definition) is 2. The summed E-state index contributed by atoms with van der Waals surface area (Å²) < 4.78 is 0. The second-order valence-electron chi connectivity index (χ2n) is 6.93. The van der Waals surface area contributed by atoms with Gasteiger partial charge in [0.15, 0.2) is 0 Å². The molecule has 2 unspecified atom stereocenters. The predicted octanol–water partition coefficient (Wildman–Crippen LogP) is 3.94. The largest absolute Gasteiger partial charge is 0.508 e. The summed E-state index contributed by atoms with van der Waals surface area (Å²) in [5.74, 6) is 0.401. The van der Waals surface area contributed by atoms with Crippen LogP contribution in [0.2, 0.25) is 0 Å². The van der Waals surface area contributed by atoms with Gasteiger partial charge in [-0.2, -0.15) is 0 Å². The van der Waals surface area contributed by atoms with Crippen LogP contribution in [0.3, 0.4) is 0 Å². The molecule has 104 valence electrons. The van der Waals surface area contributed by atoms with Crippen LogP contribution in [-0.2, 0) is 6.42 Å². The number of aryl methyl sites for hydroxylation is 1. The lowest BCUT2D eigenvalue weighted by molar-refractivity contribution is 0.252. The molecule has 0 aliphatic heterocycles. The molecule has 2 atom stereocenters. The molecule has 0 bridgehead atoms. The highest BCUT2D eigenvalue weighted by Crippen LogP contribution is 2.40. The van der Waals surface area contributed by atoms with Crippen LogP contribution in [0.5, 0.6) is 5.75 Å². The van der Waals surface area contributed by atoms with E-state index in [0.29, 0.717) is 23.2 Å². The summed E-state index contributed by atoms with van der Waals surface area (Å²) in [6.45, 7) is 4.76. The van der Waals surface area contributed by atoms with Crippen LogP contribution in [0.15, 0.2) is 18.2 Å². The number of phenolic OH excluding ortho intramolecular Hbond substituents is 1. The van der Waals surface area contributed by atoms with Crippen molar-refractivity contribution in [2.75, 3.05) is 0 Å². The first kappa shape index (κ1) is 13.0. The van der Waals surface area contributed by atoms with Crippen molar-refractivity contribution in [2.45, 2.75) is 64.5 Å². The second-order valence-corrected chi connectivity index (χ2v) is 6.93. The van der Waals surface area contributed by atoms with Crippen molar-refractivity contribution in [3.8, 4) is 5.75 Å². The number of rotatable bonds is 2. The van der Waals surface area contributed by atoms with Gasteiger partial charge < -0.3 is 10.4 Å². The molecule has 0 aromatic heterocycles. The summed E-state index contributed by atoms with van der Waals surface area (Å²) in [5, 5.41) is 13.6. The standard InChI is InChI=1S/C17H25NO/c1-17(2)10-4-7-16(17)18-15-6-3-5-12-8-9-13(19)11-14(12)15/h8-9,11,15-16,18-19H,3-7,10H2,1-2H3. The Labute approximate surface area is 116 Å². The first-order valence-electron chi connectivity index (χ1n) is 7.64. The zero-order valence-corrected chi connectivity index (χ0v) is 12.1. The van der Waals surface area contributed by atoms with Crippen molar-refractivity contribution >= 4 is 0 Å². The molecule has 1 aromatic rings. The van der Waals surface area contributed by atoms with E-state index < -0.39 is 0 Å². The molecule has 19 heavy (non-hydrogen) atoms. The number of aromatic hydroxyl groups is 1. The summed E-state index contributed by atoms with van der Waals surface area (Å²) in [7, 11) is 0. The van der Waals surface area contributed by atoms with E-state index >= 15 is 0 Å². The van der Waals surface area contributed by atoms with E-state index in [1.54, 1.807) is 0 Å². The smallest absolute Gasteiger partial charge is 0.115 e. The van der Waals surface area contributed by atoms with E-state index in [4.69, 9.17) is 0 Å². The quantitative estimate of drug-likeness (QED) is 0.843. The van der Waals surface area contributed by atoms with E-state index in [2.05, 4.69) is 25.2 Å². The van der Waals surface area contributed by atoms with Crippen molar-refractivity contribution < 1.29 is 5.11 Å². The number of phenols is 1. The first-order valence-corrected chi connectivity index (χ1v) is 7.64. The molecule has 2 aliphatic carbocycles. The van der Waals surface area contributed by atoms with Crippen molar-refractivity contribution in [2.24, 2.45) is 5.41 Å². The molecular weight excluding hydrogens is 234 g/mol. The third-order valence-corrected chi connectivity index (χ3v) is 5.10. The predicted molar refractivity (Wildman–Crippen MR) is 78.3 cm³/mol. The Kier molecular flexibility index (Phi) is 3.30. The van der Waals surface area contributed by atoms with Crippen LogP contribution >= 0.6 is 0 Å². The van der Waals surface area contributed by atoms with Gasteiger partial charge in [0.05, 0.1) is 0 Å². The second kappa shape index (κ2) is 4.82. The van der Waals surface area contributed by atoms with E-state index in [1.807, 2.05) is 12.1 Å². The van der Waals surface area contributed by atoms with Crippen LogP contribution in [0.1, 0.15) is 63.1 Å². The fourth-order valence-electron chi connectivity index (χ4n) is 3.84. The maximum Gasteiger partial charge on any atom is 0.115 e. The molecule has 0 radical (unpaired) electrons. The SMILES string of the molecule is CC1(C)CCCC1NC1CCCc2ccc(O)cc21. The lowest BCUT2D eigenvalue weighted by Crippen LogP contribution is -2.41. The van der Waals surface area contributed by atoms with Crippen LogP contribution in [0.4, 0.5) is 0 Å². The Balaban J connectivity index is 1.82. The molecule has 2 aliphatic rings. The fraction of sp³-hybridized carbons (Fsp3) is 0.647. The van der Waals surface area contributed by atoms with Gasteiger partial charge in [0.2, 0.25) is 0 Å². The van der Waals surface area contributed by atoms with Gasteiger partial charge in [-0.25, -0.2) is 0 Å². The lowest BCUT2D eigenvalue weighted by atomic mass is 9.83. The number of hydrogen-bond donors (Lipinski definition) is 2. The Bertz CT molecular complexity index is 466. The van der Waals surface area contributed by atoms with Gasteiger partial charge >= 0.3 is 0 Å². The van der Waals surface area contributed by atoms with Crippen molar-refractivity contribution in [1.29, 1.82) is 0 Å². The lowest BCUT2D eigenvalue weighted by Gasteiger charge is -2.35. The average molecular weight is 259 g/mol. The summed E-state index contributed by atoms with van der Waals surface area (Å²) >= 11 is 0. The van der Waals surface area contributed by atoms with E-state index in [9.17, 15) is 5.11 Å². The zero-order valence-electron chi connectivity index (χ0n) is 12.1. The van der Waals surface area contributed by atoms with Crippen LogP contribution in [0.25, 0.3) is 0 Å². The molecule has 2 N–H and O–H groups in total. The third-order valence-electron chi connectivity index (χ3n) is 5.10.